The Morgan fingerprint density at radius 3 is 1.33 bits per heavy atom. The average Bonchev–Trinajstić information content (AvgIpc) is 3.10. The molecule has 0 aromatic heterocycles. The second kappa shape index (κ2) is 40.0. The third-order valence-electron chi connectivity index (χ3n) is 8.58. The van der Waals surface area contributed by atoms with Gasteiger partial charge in [0, 0.05) is 12.8 Å². The van der Waals surface area contributed by atoms with Crippen LogP contribution in [0.2, 0.25) is 0 Å². The quantitative estimate of drug-likeness (QED) is 0.0404. The molecule has 0 heterocycles. The zero-order valence-corrected chi connectivity index (χ0v) is 31.9. The highest BCUT2D eigenvalue weighted by Crippen LogP contribution is 2.14. The Morgan fingerprint density at radius 1 is 0.490 bits per heavy atom. The van der Waals surface area contributed by atoms with Crippen LogP contribution >= 0.6 is 0 Å². The van der Waals surface area contributed by atoms with Crippen LogP contribution in [0.5, 0.6) is 0 Å². The fraction of sp³-hybridized carbons (Fsp3) is 0.727. The monoisotopic (exact) mass is 685 g/mol. The number of allylic oxidation sites excluding steroid dienone is 10. The number of unbranched alkanes of at least 4 members (excludes halogenated alkanes) is 18. The molecule has 0 amide bonds. The van der Waals surface area contributed by atoms with Crippen LogP contribution in [0.1, 0.15) is 187 Å². The van der Waals surface area contributed by atoms with Crippen molar-refractivity contribution >= 4 is 11.9 Å². The third kappa shape index (κ3) is 38.3. The number of esters is 2. The van der Waals surface area contributed by atoms with Crippen LogP contribution < -0.4 is 0 Å². The first-order chi connectivity index (χ1) is 24.1. The van der Waals surface area contributed by atoms with Crippen molar-refractivity contribution in [3.05, 3.63) is 60.8 Å². The highest BCUT2D eigenvalue weighted by Gasteiger charge is 2.16. The molecule has 1 N–H and O–H groups in total. The molecule has 0 radical (unpaired) electrons. The van der Waals surface area contributed by atoms with Gasteiger partial charge in [-0.2, -0.15) is 0 Å². The normalized spacial score (nSPS) is 12.8. The third-order valence-corrected chi connectivity index (χ3v) is 8.58. The van der Waals surface area contributed by atoms with Crippen LogP contribution in [-0.4, -0.2) is 36.4 Å². The predicted octanol–water partition coefficient (Wildman–Crippen LogP) is 12.8. The summed E-state index contributed by atoms with van der Waals surface area (Å²) in [5, 5.41) is 9.56. The van der Waals surface area contributed by atoms with Crippen molar-refractivity contribution in [3.8, 4) is 0 Å². The summed E-state index contributed by atoms with van der Waals surface area (Å²) in [6, 6.07) is 0. The smallest absolute Gasteiger partial charge is 0.306 e. The molecule has 0 spiro atoms. The van der Waals surface area contributed by atoms with E-state index in [-0.39, 0.29) is 25.2 Å². The first-order valence-corrected chi connectivity index (χ1v) is 20.3. The second-order valence-corrected chi connectivity index (χ2v) is 13.3. The van der Waals surface area contributed by atoms with Crippen molar-refractivity contribution in [2.24, 2.45) is 0 Å². The van der Waals surface area contributed by atoms with Crippen molar-refractivity contribution in [1.82, 2.24) is 0 Å². The number of rotatable bonds is 36. The van der Waals surface area contributed by atoms with Gasteiger partial charge in [-0.25, -0.2) is 0 Å². The molecule has 282 valence electrons. The van der Waals surface area contributed by atoms with Crippen LogP contribution in [0.25, 0.3) is 0 Å². The van der Waals surface area contributed by atoms with Gasteiger partial charge in [0.05, 0.1) is 6.61 Å². The first-order valence-electron chi connectivity index (χ1n) is 20.3. The Hall–Kier alpha value is -2.40. The molecule has 0 aliphatic rings. The molecule has 0 aromatic carbocycles. The van der Waals surface area contributed by atoms with Gasteiger partial charge in [-0.05, 0) is 57.8 Å². The fourth-order valence-electron chi connectivity index (χ4n) is 5.52. The zero-order chi connectivity index (χ0) is 35.7. The molecule has 1 unspecified atom stereocenters. The number of hydrogen-bond acceptors (Lipinski definition) is 5. The van der Waals surface area contributed by atoms with Crippen molar-refractivity contribution < 1.29 is 24.2 Å². The molecule has 1 atom stereocenters. The lowest BCUT2D eigenvalue weighted by molar-refractivity contribution is -0.161. The van der Waals surface area contributed by atoms with Gasteiger partial charge < -0.3 is 14.6 Å². The lowest BCUT2D eigenvalue weighted by atomic mass is 10.0. The Morgan fingerprint density at radius 2 is 0.878 bits per heavy atom. The van der Waals surface area contributed by atoms with Gasteiger partial charge in [0.1, 0.15) is 6.61 Å². The highest BCUT2D eigenvalue weighted by atomic mass is 16.6. The maximum Gasteiger partial charge on any atom is 0.306 e. The van der Waals surface area contributed by atoms with E-state index in [1.54, 1.807) is 0 Å². The molecule has 0 aromatic rings. The molecule has 0 fully saturated rings. The number of carbonyl (C=O) groups is 2. The summed E-state index contributed by atoms with van der Waals surface area (Å²) in [4.78, 5) is 24.3. The van der Waals surface area contributed by atoms with Crippen molar-refractivity contribution in [1.29, 1.82) is 0 Å². The van der Waals surface area contributed by atoms with Gasteiger partial charge in [0.15, 0.2) is 6.10 Å². The van der Waals surface area contributed by atoms with Crippen LogP contribution in [0, 0.1) is 0 Å². The summed E-state index contributed by atoms with van der Waals surface area (Å²) in [6.07, 6.45) is 51.4. The highest BCUT2D eigenvalue weighted by molar-refractivity contribution is 5.70. The van der Waals surface area contributed by atoms with E-state index in [1.165, 1.54) is 83.5 Å². The molecule has 0 aliphatic carbocycles. The maximum atomic E-state index is 12.2. The Labute approximate surface area is 302 Å². The minimum absolute atomic E-state index is 0.0794. The topological polar surface area (TPSA) is 72.8 Å². The van der Waals surface area contributed by atoms with Gasteiger partial charge in [-0.3, -0.25) is 9.59 Å². The van der Waals surface area contributed by atoms with Crippen LogP contribution in [0.4, 0.5) is 0 Å². The van der Waals surface area contributed by atoms with Crippen LogP contribution in [0.3, 0.4) is 0 Å². The van der Waals surface area contributed by atoms with E-state index < -0.39 is 6.10 Å². The molecular weight excluding hydrogens is 608 g/mol. The summed E-state index contributed by atoms with van der Waals surface area (Å²) in [5.41, 5.74) is 0. The van der Waals surface area contributed by atoms with E-state index in [2.05, 4.69) is 74.6 Å². The standard InChI is InChI=1S/C44H76O5/c1-3-5-7-9-11-13-15-17-19-21-22-23-25-27-29-31-33-35-37-39-44(47)49-42(40-45)41-48-43(46)38-36-34-32-30-28-26-24-20-18-16-14-12-10-8-6-4-2/h5,7,11,13,17,19,22-23,27,29,42,45H,3-4,6,8-10,12,14-16,18,20-21,24-26,28,30-41H2,1-2H3/b7-5-,13-11-,19-17-,23-22-,29-27-. The van der Waals surface area contributed by atoms with Gasteiger partial charge in [0.25, 0.3) is 0 Å². The van der Waals surface area contributed by atoms with Gasteiger partial charge in [-0.15, -0.1) is 0 Å². The van der Waals surface area contributed by atoms with Gasteiger partial charge in [0.2, 0.25) is 0 Å². The molecule has 0 bridgehead atoms. The molecule has 0 saturated heterocycles. The van der Waals surface area contributed by atoms with E-state index in [0.29, 0.717) is 12.8 Å². The minimum atomic E-state index is -0.788. The molecule has 0 aliphatic heterocycles. The van der Waals surface area contributed by atoms with Crippen LogP contribution in [-0.2, 0) is 19.1 Å². The van der Waals surface area contributed by atoms with Crippen molar-refractivity contribution in [2.75, 3.05) is 13.2 Å². The summed E-state index contributed by atoms with van der Waals surface area (Å²) in [7, 11) is 0. The first kappa shape index (κ1) is 46.6. The second-order valence-electron chi connectivity index (χ2n) is 13.3. The molecule has 49 heavy (non-hydrogen) atoms. The molecule has 5 heteroatoms. The zero-order valence-electron chi connectivity index (χ0n) is 31.9. The van der Waals surface area contributed by atoms with E-state index in [9.17, 15) is 14.7 Å². The lowest BCUT2D eigenvalue weighted by Gasteiger charge is -2.15. The van der Waals surface area contributed by atoms with Crippen molar-refractivity contribution in [2.45, 2.75) is 193 Å². The van der Waals surface area contributed by atoms with Gasteiger partial charge in [-0.1, -0.05) is 177 Å². The molecule has 0 rings (SSSR count). The average molecular weight is 685 g/mol. The Bertz CT molecular complexity index is 869. The lowest BCUT2D eigenvalue weighted by Crippen LogP contribution is -2.28. The number of aliphatic hydroxyl groups excluding tert-OH is 1. The van der Waals surface area contributed by atoms with Gasteiger partial charge >= 0.3 is 11.9 Å². The Balaban J connectivity index is 3.62. The van der Waals surface area contributed by atoms with E-state index in [1.807, 2.05) is 0 Å². The van der Waals surface area contributed by atoms with E-state index in [4.69, 9.17) is 9.47 Å². The number of ether oxygens (including phenoxy) is 2. The summed E-state index contributed by atoms with van der Waals surface area (Å²) in [5.74, 6) is -0.627. The maximum absolute atomic E-state index is 12.2. The number of carbonyl (C=O) groups excluding carboxylic acids is 2. The minimum Gasteiger partial charge on any atom is -0.462 e. The van der Waals surface area contributed by atoms with E-state index in [0.717, 1.165) is 77.0 Å². The Kier molecular flexibility index (Phi) is 38.1. The van der Waals surface area contributed by atoms with Crippen LogP contribution in [0.15, 0.2) is 60.8 Å². The number of aliphatic hydroxyl groups is 1. The van der Waals surface area contributed by atoms with Crippen molar-refractivity contribution in [3.63, 3.8) is 0 Å². The molecule has 5 nitrogen and oxygen atoms in total. The predicted molar refractivity (Wildman–Crippen MR) is 210 cm³/mol. The molecule has 0 saturated carbocycles. The van der Waals surface area contributed by atoms with E-state index >= 15 is 0 Å². The molecular formula is C44H76O5. The summed E-state index contributed by atoms with van der Waals surface area (Å²) in [6.45, 7) is 4.00. The largest absolute Gasteiger partial charge is 0.462 e. The fourth-order valence-corrected chi connectivity index (χ4v) is 5.52. The number of hydrogen-bond donors (Lipinski definition) is 1. The summed E-state index contributed by atoms with van der Waals surface area (Å²) < 4.78 is 10.6. The summed E-state index contributed by atoms with van der Waals surface area (Å²) >= 11 is 0. The SMILES string of the molecule is CC/C=C\C/C=C\C/C=C\C/C=C\C/C=C\CCCCCC(=O)OC(CO)COC(=O)CCCCCCCCCCCCCCCCCC.